The number of aryl methyl sites for hydroxylation is 1. The molecule has 200 valence electrons. The fourth-order valence-electron chi connectivity index (χ4n) is 3.62. The van der Waals surface area contributed by atoms with Crippen LogP contribution in [-0.4, -0.2) is 47.0 Å². The van der Waals surface area contributed by atoms with Crippen LogP contribution in [0.4, 0.5) is 5.88 Å². The fraction of sp³-hybridized carbons (Fsp3) is 0.407. The zero-order valence-corrected chi connectivity index (χ0v) is 24.4. The minimum Gasteiger partial charge on any atom is -0.377 e. The second kappa shape index (κ2) is 11.7. The Labute approximate surface area is 220 Å². The number of nitrogens with zero attached hydrogens (tertiary/aromatic N) is 2. The van der Waals surface area contributed by atoms with Gasteiger partial charge in [-0.2, -0.15) is 0 Å². The molecule has 3 aromatic rings. The summed E-state index contributed by atoms with van der Waals surface area (Å²) in [7, 11) is -5.86. The maximum absolute atomic E-state index is 14.3. The molecule has 0 N–H and O–H groups in total. The molecule has 0 amide bonds. The molecule has 1 atom stereocenters. The SMILES string of the molecule is CCOCc1cc(C=O)ccc1-c1ccccc1S(=O)(=O)N(COC(C)[Si](C)(C)C)c1onc(C)c1C. The van der Waals surface area contributed by atoms with Gasteiger partial charge in [0.1, 0.15) is 13.0 Å². The van der Waals surface area contributed by atoms with Gasteiger partial charge < -0.3 is 14.0 Å². The van der Waals surface area contributed by atoms with E-state index >= 15 is 0 Å². The third-order valence-electron chi connectivity index (χ3n) is 6.49. The molecule has 8 nitrogen and oxygen atoms in total. The van der Waals surface area contributed by atoms with Crippen LogP contribution in [0.3, 0.4) is 0 Å². The van der Waals surface area contributed by atoms with E-state index < -0.39 is 18.1 Å². The molecule has 2 aromatic carbocycles. The molecule has 0 aliphatic rings. The van der Waals surface area contributed by atoms with Crippen molar-refractivity contribution in [2.75, 3.05) is 17.6 Å². The minimum atomic E-state index is -4.16. The number of aromatic nitrogens is 1. The van der Waals surface area contributed by atoms with Gasteiger partial charge in [-0.05, 0) is 51.0 Å². The lowest BCUT2D eigenvalue weighted by molar-refractivity contribution is 0.112. The standard InChI is InChI=1S/C27H36N2O6SSi/c1-8-33-17-23-15-22(16-30)13-14-24(23)25-11-9-10-12-26(25)36(31,32)29(18-34-21(4)37(5,6)7)27-19(2)20(3)28-35-27/h9-16,21H,8,17-18H2,1-7H3. The molecule has 0 bridgehead atoms. The van der Waals surface area contributed by atoms with Gasteiger partial charge in [0.05, 0.1) is 25.3 Å². The Balaban J connectivity index is 2.16. The summed E-state index contributed by atoms with van der Waals surface area (Å²) in [6.07, 6.45) is 0.760. The Kier molecular flexibility index (Phi) is 9.12. The van der Waals surface area contributed by atoms with E-state index in [9.17, 15) is 13.2 Å². The first-order valence-electron chi connectivity index (χ1n) is 12.2. The van der Waals surface area contributed by atoms with Crippen LogP contribution in [0.5, 0.6) is 0 Å². The van der Waals surface area contributed by atoms with Crippen molar-refractivity contribution in [3.63, 3.8) is 0 Å². The van der Waals surface area contributed by atoms with E-state index in [0.29, 0.717) is 34.6 Å². The maximum Gasteiger partial charge on any atom is 0.269 e. The van der Waals surface area contributed by atoms with Crippen molar-refractivity contribution in [2.24, 2.45) is 0 Å². The molecular formula is C27H36N2O6SSi. The highest BCUT2D eigenvalue weighted by molar-refractivity contribution is 7.93. The lowest BCUT2D eigenvalue weighted by Gasteiger charge is -2.29. The highest BCUT2D eigenvalue weighted by atomic mass is 32.2. The van der Waals surface area contributed by atoms with E-state index in [1.165, 1.54) is 0 Å². The summed E-state index contributed by atoms with van der Waals surface area (Å²) in [4.78, 5) is 11.5. The van der Waals surface area contributed by atoms with Crippen molar-refractivity contribution < 1.29 is 27.2 Å². The van der Waals surface area contributed by atoms with E-state index in [0.717, 1.165) is 16.2 Å². The van der Waals surface area contributed by atoms with Gasteiger partial charge in [0.2, 0.25) is 5.88 Å². The van der Waals surface area contributed by atoms with Gasteiger partial charge in [-0.15, -0.1) is 0 Å². The van der Waals surface area contributed by atoms with Crippen LogP contribution in [0, 0.1) is 13.8 Å². The van der Waals surface area contributed by atoms with Crippen molar-refractivity contribution >= 4 is 30.3 Å². The average molecular weight is 545 g/mol. The van der Waals surface area contributed by atoms with Crippen LogP contribution in [0.15, 0.2) is 51.9 Å². The topological polar surface area (TPSA) is 98.9 Å². The molecule has 0 spiro atoms. The Morgan fingerprint density at radius 2 is 1.81 bits per heavy atom. The van der Waals surface area contributed by atoms with Crippen molar-refractivity contribution in [3.8, 4) is 11.1 Å². The van der Waals surface area contributed by atoms with Gasteiger partial charge in [-0.1, -0.05) is 55.1 Å². The van der Waals surface area contributed by atoms with Crippen LogP contribution in [0.2, 0.25) is 19.6 Å². The van der Waals surface area contributed by atoms with Gasteiger partial charge in [-0.3, -0.25) is 4.79 Å². The average Bonchev–Trinajstić information content (AvgIpc) is 3.19. The number of rotatable bonds is 12. The third kappa shape index (κ3) is 6.38. The van der Waals surface area contributed by atoms with Crippen molar-refractivity contribution in [2.45, 2.75) is 64.6 Å². The quantitative estimate of drug-likeness (QED) is 0.163. The summed E-state index contributed by atoms with van der Waals surface area (Å²) in [5, 5.41) is 3.99. The summed E-state index contributed by atoms with van der Waals surface area (Å²) >= 11 is 0. The Hall–Kier alpha value is -2.79. The summed E-state index contributed by atoms with van der Waals surface area (Å²) in [6, 6.07) is 11.9. The smallest absolute Gasteiger partial charge is 0.269 e. The fourth-order valence-corrected chi connectivity index (χ4v) is 5.72. The summed E-state index contributed by atoms with van der Waals surface area (Å²) in [5.41, 5.74) is 3.49. The molecule has 1 aromatic heterocycles. The lowest BCUT2D eigenvalue weighted by Crippen LogP contribution is -2.42. The summed E-state index contributed by atoms with van der Waals surface area (Å²) < 4.78 is 47.0. The summed E-state index contributed by atoms with van der Waals surface area (Å²) in [5.74, 6) is 0.126. The molecule has 0 aliphatic heterocycles. The second-order valence-corrected chi connectivity index (χ2v) is 17.4. The Bertz CT molecular complexity index is 1350. The van der Waals surface area contributed by atoms with E-state index in [2.05, 4.69) is 24.8 Å². The van der Waals surface area contributed by atoms with Gasteiger partial charge in [0.25, 0.3) is 10.0 Å². The first-order chi connectivity index (χ1) is 17.4. The zero-order chi connectivity index (χ0) is 27.4. The van der Waals surface area contributed by atoms with Gasteiger partial charge in [0.15, 0.2) is 0 Å². The highest BCUT2D eigenvalue weighted by Gasteiger charge is 2.34. The van der Waals surface area contributed by atoms with Crippen molar-refractivity contribution in [1.29, 1.82) is 0 Å². The van der Waals surface area contributed by atoms with E-state index in [1.54, 1.807) is 56.3 Å². The van der Waals surface area contributed by atoms with Crippen molar-refractivity contribution in [1.82, 2.24) is 5.16 Å². The molecule has 3 rings (SSSR count). The maximum atomic E-state index is 14.3. The van der Waals surface area contributed by atoms with Gasteiger partial charge in [-0.25, -0.2) is 12.7 Å². The van der Waals surface area contributed by atoms with E-state index in [-0.39, 0.29) is 29.8 Å². The predicted molar refractivity (Wildman–Crippen MR) is 147 cm³/mol. The molecule has 0 saturated heterocycles. The molecule has 0 saturated carbocycles. The Morgan fingerprint density at radius 3 is 2.41 bits per heavy atom. The first-order valence-corrected chi connectivity index (χ1v) is 17.3. The first kappa shape index (κ1) is 28.8. The molecule has 0 fully saturated rings. The number of sulfonamides is 1. The van der Waals surface area contributed by atoms with Crippen LogP contribution >= 0.6 is 0 Å². The minimum absolute atomic E-state index is 0.0873. The van der Waals surface area contributed by atoms with Gasteiger partial charge >= 0.3 is 0 Å². The number of anilines is 1. The number of hydrogen-bond acceptors (Lipinski definition) is 7. The van der Waals surface area contributed by atoms with Crippen LogP contribution in [0.1, 0.15) is 41.0 Å². The molecule has 0 radical (unpaired) electrons. The van der Waals surface area contributed by atoms with Gasteiger partial charge in [0, 0.05) is 29.0 Å². The number of aldehydes is 1. The van der Waals surface area contributed by atoms with Crippen molar-refractivity contribution in [3.05, 3.63) is 64.8 Å². The molecule has 1 heterocycles. The lowest BCUT2D eigenvalue weighted by atomic mass is 9.98. The molecular weight excluding hydrogens is 508 g/mol. The highest BCUT2D eigenvalue weighted by Crippen LogP contribution is 2.36. The predicted octanol–water partition coefficient (Wildman–Crippen LogP) is 5.74. The van der Waals surface area contributed by atoms with Crippen LogP contribution < -0.4 is 4.31 Å². The number of carbonyl (C=O) groups excluding carboxylic acids is 1. The number of benzene rings is 2. The second-order valence-electron chi connectivity index (χ2n) is 10.0. The molecule has 37 heavy (non-hydrogen) atoms. The molecule has 10 heteroatoms. The van der Waals surface area contributed by atoms with Crippen LogP contribution in [0.25, 0.3) is 11.1 Å². The number of carbonyl (C=O) groups is 1. The molecule has 0 aliphatic carbocycles. The zero-order valence-electron chi connectivity index (χ0n) is 22.6. The van der Waals surface area contributed by atoms with Crippen LogP contribution in [-0.2, 0) is 26.1 Å². The largest absolute Gasteiger partial charge is 0.377 e. The number of ether oxygens (including phenoxy) is 2. The van der Waals surface area contributed by atoms with E-state index in [1.807, 2.05) is 13.8 Å². The monoisotopic (exact) mass is 544 g/mol. The van der Waals surface area contributed by atoms with E-state index in [4.69, 9.17) is 14.0 Å². The number of hydrogen-bond donors (Lipinski definition) is 0. The third-order valence-corrected chi connectivity index (χ3v) is 10.9. The summed E-state index contributed by atoms with van der Waals surface area (Å²) in [6.45, 7) is 14.4. The molecule has 1 unspecified atom stereocenters. The Morgan fingerprint density at radius 1 is 1.11 bits per heavy atom. The normalized spacial score (nSPS) is 12.9.